The normalized spacial score (nSPS) is 14.1. The molecule has 0 aliphatic carbocycles. The Balaban J connectivity index is 1.71. The lowest BCUT2D eigenvalue weighted by Gasteiger charge is -2.28. The molecule has 2 aromatic rings. The van der Waals surface area contributed by atoms with Gasteiger partial charge in [0.25, 0.3) is 5.91 Å². The van der Waals surface area contributed by atoms with Gasteiger partial charge in [-0.05, 0) is 48.5 Å². The van der Waals surface area contributed by atoms with Crippen molar-refractivity contribution in [3.05, 3.63) is 59.4 Å². The highest BCUT2D eigenvalue weighted by Crippen LogP contribution is 2.26. The first-order valence-corrected chi connectivity index (χ1v) is 9.21. The van der Waals surface area contributed by atoms with Gasteiger partial charge in [-0.3, -0.25) is 19.9 Å². The monoisotopic (exact) mass is 404 g/mol. The molecule has 2 amide bonds. The third-order valence-corrected chi connectivity index (χ3v) is 4.74. The van der Waals surface area contributed by atoms with E-state index in [1.807, 2.05) is 0 Å². The van der Waals surface area contributed by atoms with Crippen LogP contribution in [0.4, 0.5) is 15.8 Å². The van der Waals surface area contributed by atoms with E-state index >= 15 is 0 Å². The Morgan fingerprint density at radius 2 is 1.89 bits per heavy atom. The molecule has 0 aromatic heterocycles. The summed E-state index contributed by atoms with van der Waals surface area (Å²) in [5, 5.41) is 11.6. The van der Waals surface area contributed by atoms with E-state index in [0.717, 1.165) is 11.8 Å². The van der Waals surface area contributed by atoms with E-state index in [0.29, 0.717) is 16.4 Å². The van der Waals surface area contributed by atoms with Crippen LogP contribution in [0.3, 0.4) is 0 Å². The van der Waals surface area contributed by atoms with Gasteiger partial charge in [0.05, 0.1) is 12.2 Å². The number of rotatable bonds is 4. The van der Waals surface area contributed by atoms with Crippen LogP contribution in [0.25, 0.3) is 0 Å². The van der Waals surface area contributed by atoms with Gasteiger partial charge in [0.15, 0.2) is 5.17 Å². The zero-order chi connectivity index (χ0) is 19.4. The van der Waals surface area contributed by atoms with E-state index in [-0.39, 0.29) is 29.1 Å². The molecular weight excluding hydrogens is 391 g/mol. The number of anilines is 2. The minimum atomic E-state index is -0.438. The molecular formula is C18H14ClFN4O2S. The first kappa shape index (κ1) is 19.1. The summed E-state index contributed by atoms with van der Waals surface area (Å²) in [7, 11) is 0. The zero-order valence-electron chi connectivity index (χ0n) is 13.9. The molecule has 3 rings (SSSR count). The number of carbonyl (C=O) groups is 2. The summed E-state index contributed by atoms with van der Waals surface area (Å²) in [6, 6.07) is 12.2. The first-order valence-electron chi connectivity index (χ1n) is 7.85. The Morgan fingerprint density at radius 1 is 1.22 bits per heavy atom. The molecule has 0 unspecified atom stereocenters. The second-order valence-electron chi connectivity index (χ2n) is 5.57. The largest absolute Gasteiger partial charge is 0.325 e. The highest BCUT2D eigenvalue weighted by atomic mass is 35.5. The van der Waals surface area contributed by atoms with Crippen molar-refractivity contribution in [1.29, 1.82) is 5.41 Å². The van der Waals surface area contributed by atoms with Crippen LogP contribution in [0, 0.1) is 11.2 Å². The van der Waals surface area contributed by atoms with Crippen LogP contribution in [0.1, 0.15) is 6.42 Å². The molecule has 1 heterocycles. The van der Waals surface area contributed by atoms with Crippen LogP contribution in [0.2, 0.25) is 5.02 Å². The van der Waals surface area contributed by atoms with Gasteiger partial charge in [0.2, 0.25) is 5.91 Å². The summed E-state index contributed by atoms with van der Waals surface area (Å²) in [5.41, 5.74) is 1.09. The van der Waals surface area contributed by atoms with Gasteiger partial charge >= 0.3 is 0 Å². The number of hydrogen-bond donors (Lipinski definition) is 2. The van der Waals surface area contributed by atoms with E-state index < -0.39 is 11.7 Å². The molecule has 1 aliphatic heterocycles. The van der Waals surface area contributed by atoms with Crippen molar-refractivity contribution >= 4 is 57.6 Å². The molecule has 0 radical (unpaired) electrons. The fraction of sp³-hybridized carbons (Fsp3) is 0.111. The topological polar surface area (TPSA) is 85.6 Å². The number of benzene rings is 2. The van der Waals surface area contributed by atoms with Gasteiger partial charge in [0, 0.05) is 16.4 Å². The second-order valence-corrected chi connectivity index (χ2v) is 6.95. The summed E-state index contributed by atoms with van der Waals surface area (Å²) in [6.07, 6.45) is -0.117. The molecule has 2 aromatic carbocycles. The lowest BCUT2D eigenvalue weighted by atomic mass is 10.2. The number of carbonyl (C=O) groups excluding carboxylic acids is 2. The molecule has 1 aliphatic rings. The average molecular weight is 405 g/mol. The molecule has 27 heavy (non-hydrogen) atoms. The summed E-state index contributed by atoms with van der Waals surface area (Å²) >= 11 is 6.94. The zero-order valence-corrected chi connectivity index (χ0v) is 15.5. The van der Waals surface area contributed by atoms with Gasteiger partial charge in [-0.2, -0.15) is 4.99 Å². The van der Waals surface area contributed by atoms with Gasteiger partial charge in [-0.25, -0.2) is 4.39 Å². The molecule has 2 N–H and O–H groups in total. The molecule has 0 fully saturated rings. The third kappa shape index (κ3) is 4.93. The minimum Gasteiger partial charge on any atom is -0.325 e. The van der Waals surface area contributed by atoms with Gasteiger partial charge in [0.1, 0.15) is 11.7 Å². The van der Waals surface area contributed by atoms with Crippen molar-refractivity contribution in [2.45, 2.75) is 6.42 Å². The number of thioether (sulfide) groups is 1. The summed E-state index contributed by atoms with van der Waals surface area (Å²) < 4.78 is 12.9. The van der Waals surface area contributed by atoms with Crippen molar-refractivity contribution in [2.75, 3.05) is 16.0 Å². The maximum absolute atomic E-state index is 12.9. The van der Waals surface area contributed by atoms with Crippen LogP contribution in [-0.4, -0.2) is 28.6 Å². The lowest BCUT2D eigenvalue weighted by molar-refractivity contribution is -0.117. The minimum absolute atomic E-state index is 0.0269. The number of aliphatic imine (C=N–C) groups is 1. The highest BCUT2D eigenvalue weighted by molar-refractivity contribution is 8.14. The van der Waals surface area contributed by atoms with E-state index in [4.69, 9.17) is 17.0 Å². The maximum Gasteiger partial charge on any atom is 0.255 e. The summed E-state index contributed by atoms with van der Waals surface area (Å²) in [4.78, 5) is 29.4. The first-order chi connectivity index (χ1) is 12.9. The Labute approximate surface area is 163 Å². The van der Waals surface area contributed by atoms with E-state index in [1.54, 1.807) is 24.3 Å². The van der Waals surface area contributed by atoms with E-state index in [2.05, 4.69) is 10.3 Å². The van der Waals surface area contributed by atoms with Crippen LogP contribution in [0.5, 0.6) is 0 Å². The number of amides is 2. The number of nitrogens with zero attached hydrogens (tertiary/aromatic N) is 2. The van der Waals surface area contributed by atoms with Crippen LogP contribution in [-0.2, 0) is 9.59 Å². The van der Waals surface area contributed by atoms with Crippen molar-refractivity contribution in [1.82, 2.24) is 0 Å². The fourth-order valence-corrected chi connectivity index (χ4v) is 3.32. The number of nitrogens with one attached hydrogen (secondary N) is 2. The van der Waals surface area contributed by atoms with Crippen molar-refractivity contribution < 1.29 is 14.0 Å². The van der Waals surface area contributed by atoms with Crippen molar-refractivity contribution in [3.8, 4) is 0 Å². The quantitative estimate of drug-likeness (QED) is 0.808. The average Bonchev–Trinajstić information content (AvgIpc) is 2.63. The van der Waals surface area contributed by atoms with E-state index in [9.17, 15) is 14.0 Å². The van der Waals surface area contributed by atoms with Crippen LogP contribution >= 0.6 is 23.4 Å². The summed E-state index contributed by atoms with van der Waals surface area (Å²) in [6.45, 7) is 0. The number of halogens is 2. The standard InChI is InChI=1S/C18H14ClFN4O2S/c19-11-1-7-14(8-2-11)24-15(21)9-16(25)23-18(24)27-10-17(26)22-13-5-3-12(20)4-6-13/h1-8,21H,9-10H2,(H,22,26). The molecule has 0 bridgehead atoms. The third-order valence-electron chi connectivity index (χ3n) is 3.55. The second kappa shape index (κ2) is 8.32. The van der Waals surface area contributed by atoms with Crippen molar-refractivity contribution in [3.63, 3.8) is 0 Å². The van der Waals surface area contributed by atoms with Crippen molar-refractivity contribution in [2.24, 2.45) is 4.99 Å². The predicted octanol–water partition coefficient (Wildman–Crippen LogP) is 3.92. The molecule has 0 atom stereocenters. The molecule has 0 saturated heterocycles. The van der Waals surface area contributed by atoms with Crippen LogP contribution in [0.15, 0.2) is 53.5 Å². The number of hydrogen-bond acceptors (Lipinski definition) is 4. The Kier molecular flexibility index (Phi) is 5.88. The van der Waals surface area contributed by atoms with E-state index in [1.165, 1.54) is 29.2 Å². The SMILES string of the molecule is N=C1CC(=O)N=C(SCC(=O)Nc2ccc(F)cc2)N1c1ccc(Cl)cc1. The Morgan fingerprint density at radius 3 is 2.56 bits per heavy atom. The van der Waals surface area contributed by atoms with Gasteiger partial charge < -0.3 is 5.32 Å². The Hall–Kier alpha value is -2.71. The molecule has 9 heteroatoms. The lowest BCUT2D eigenvalue weighted by Crippen LogP contribution is -2.40. The number of amidine groups is 2. The maximum atomic E-state index is 12.9. The molecule has 0 saturated carbocycles. The predicted molar refractivity (Wildman–Crippen MR) is 106 cm³/mol. The smallest absolute Gasteiger partial charge is 0.255 e. The fourth-order valence-electron chi connectivity index (χ4n) is 2.35. The molecule has 138 valence electrons. The summed E-state index contributed by atoms with van der Waals surface area (Å²) in [5.74, 6) is -1.13. The van der Waals surface area contributed by atoms with Gasteiger partial charge in [-0.1, -0.05) is 23.4 Å². The molecule has 0 spiro atoms. The Bertz CT molecular complexity index is 916. The van der Waals surface area contributed by atoms with Crippen LogP contribution < -0.4 is 10.2 Å². The molecule has 6 nitrogen and oxygen atoms in total. The van der Waals surface area contributed by atoms with Gasteiger partial charge in [-0.15, -0.1) is 0 Å². The highest BCUT2D eigenvalue weighted by Gasteiger charge is 2.27.